The molecular formula is C20H28ClNO10. The highest BCUT2D eigenvalue weighted by Crippen LogP contribution is 2.31. The van der Waals surface area contributed by atoms with Crippen LogP contribution in [0.2, 0.25) is 0 Å². The van der Waals surface area contributed by atoms with E-state index < -0.39 is 29.8 Å². The number of halogens is 1. The van der Waals surface area contributed by atoms with Crippen LogP contribution in [0, 0.1) is 0 Å². The minimum atomic E-state index is -1.68. The first kappa shape index (κ1) is 28.9. The van der Waals surface area contributed by atoms with Crippen LogP contribution in [-0.4, -0.2) is 54.7 Å². The van der Waals surface area contributed by atoms with Crippen LogP contribution in [0.25, 0.3) is 0 Å². The lowest BCUT2D eigenvalue weighted by molar-refractivity contribution is -0.144. The van der Waals surface area contributed by atoms with Crippen molar-refractivity contribution < 1.29 is 48.0 Å². The molecule has 1 aromatic carbocycles. The second-order valence-corrected chi connectivity index (χ2v) is 6.43. The average Bonchev–Trinajstić information content (AvgIpc) is 2.67. The summed E-state index contributed by atoms with van der Waals surface area (Å²) >= 11 is 0. The summed E-state index contributed by atoms with van der Waals surface area (Å²) in [6.07, 6.45) is -1.93. The molecule has 0 aliphatic carbocycles. The monoisotopic (exact) mass is 477 g/mol. The van der Waals surface area contributed by atoms with Gasteiger partial charge < -0.3 is 34.5 Å². The smallest absolute Gasteiger partial charge is 0.480 e. The Bertz CT molecular complexity index is 801. The van der Waals surface area contributed by atoms with Gasteiger partial charge in [0.15, 0.2) is 11.5 Å². The van der Waals surface area contributed by atoms with Crippen molar-refractivity contribution in [3.63, 3.8) is 0 Å². The van der Waals surface area contributed by atoms with E-state index in [1.165, 1.54) is 25.1 Å². The summed E-state index contributed by atoms with van der Waals surface area (Å²) in [5, 5.41) is 9.60. The first-order valence-corrected chi connectivity index (χ1v) is 9.59. The molecule has 0 amide bonds. The third-order valence-electron chi connectivity index (χ3n) is 3.94. The highest BCUT2D eigenvalue weighted by molar-refractivity contribution is 5.85. The van der Waals surface area contributed by atoms with Crippen molar-refractivity contribution in [3.8, 4) is 11.5 Å². The van der Waals surface area contributed by atoms with Crippen molar-refractivity contribution >= 4 is 36.7 Å². The van der Waals surface area contributed by atoms with Crippen LogP contribution in [0.3, 0.4) is 0 Å². The van der Waals surface area contributed by atoms with E-state index in [1.54, 1.807) is 13.8 Å². The van der Waals surface area contributed by atoms with Crippen LogP contribution >= 0.6 is 12.4 Å². The van der Waals surface area contributed by atoms with Crippen LogP contribution in [0.15, 0.2) is 18.2 Å². The average molecular weight is 478 g/mol. The summed E-state index contributed by atoms with van der Waals surface area (Å²) in [7, 11) is 0. The van der Waals surface area contributed by atoms with Crippen molar-refractivity contribution in [3.05, 3.63) is 23.8 Å². The quantitative estimate of drug-likeness (QED) is 0.208. The molecule has 1 atom stereocenters. The zero-order chi connectivity index (χ0) is 23.4. The second-order valence-electron chi connectivity index (χ2n) is 6.43. The lowest BCUT2D eigenvalue weighted by Crippen LogP contribution is -2.50. The molecule has 0 fully saturated rings. The van der Waals surface area contributed by atoms with Gasteiger partial charge in [-0.1, -0.05) is 6.07 Å². The predicted molar refractivity (Wildman–Crippen MR) is 113 cm³/mol. The molecule has 0 aromatic heterocycles. The molecule has 32 heavy (non-hydrogen) atoms. The maximum atomic E-state index is 11.8. The number of esters is 1. The Kier molecular flexibility index (Phi) is 12.8. The zero-order valence-corrected chi connectivity index (χ0v) is 18.9. The molecule has 0 saturated heterocycles. The molecule has 0 saturated carbocycles. The number of hydrogen-bond donors (Lipinski definition) is 2. The minimum Gasteiger partial charge on any atom is -0.480 e. The topological polar surface area (TPSA) is 161 Å². The minimum absolute atomic E-state index is 0. The van der Waals surface area contributed by atoms with Gasteiger partial charge in [0.25, 0.3) is 0 Å². The summed E-state index contributed by atoms with van der Waals surface area (Å²) in [4.78, 5) is 46.0. The highest BCUT2D eigenvalue weighted by atomic mass is 35.5. The predicted octanol–water partition coefficient (Wildman–Crippen LogP) is 2.85. The van der Waals surface area contributed by atoms with Gasteiger partial charge in [0.1, 0.15) is 5.54 Å². The van der Waals surface area contributed by atoms with Gasteiger partial charge in [-0.15, -0.1) is 12.4 Å². The fraction of sp³-hybridized carbons (Fsp3) is 0.500. The molecule has 11 nitrogen and oxygen atoms in total. The summed E-state index contributed by atoms with van der Waals surface area (Å²) in [5.74, 6) is -2.02. The van der Waals surface area contributed by atoms with Crippen LogP contribution < -0.4 is 15.2 Å². The molecule has 0 aliphatic heterocycles. The van der Waals surface area contributed by atoms with Crippen molar-refractivity contribution in [2.24, 2.45) is 5.73 Å². The van der Waals surface area contributed by atoms with Gasteiger partial charge in [0, 0.05) is 13.3 Å². The molecule has 0 heterocycles. The van der Waals surface area contributed by atoms with Crippen molar-refractivity contribution in [2.45, 2.75) is 45.6 Å². The maximum absolute atomic E-state index is 11.8. The Morgan fingerprint density at radius 2 is 1.53 bits per heavy atom. The van der Waals surface area contributed by atoms with Gasteiger partial charge >= 0.3 is 24.2 Å². The Labute approximate surface area is 191 Å². The van der Waals surface area contributed by atoms with E-state index in [9.17, 15) is 24.3 Å². The first-order chi connectivity index (χ1) is 14.6. The molecule has 0 spiro atoms. The standard InChI is InChI=1S/C20H27NO10.ClH/c1-4-27-18(25)30-15-8-7-14(11-16(15)31-19(26)28-5-2)12-20(21,17(23)24)9-6-10-29-13(3)22;/h7-8,11H,4-6,9-10,12,21H2,1-3H3,(H,23,24);1H/t20-;/m0./s1. The van der Waals surface area contributed by atoms with Gasteiger partial charge in [0.05, 0.1) is 19.8 Å². The molecule has 0 bridgehead atoms. The van der Waals surface area contributed by atoms with Crippen LogP contribution in [0.1, 0.15) is 39.2 Å². The molecule has 0 aliphatic rings. The molecule has 3 N–H and O–H groups in total. The fourth-order valence-electron chi connectivity index (χ4n) is 2.54. The van der Waals surface area contributed by atoms with Crippen LogP contribution in [0.4, 0.5) is 9.59 Å². The van der Waals surface area contributed by atoms with Crippen molar-refractivity contribution in [1.29, 1.82) is 0 Å². The number of carbonyl (C=O) groups is 4. The first-order valence-electron chi connectivity index (χ1n) is 9.59. The van der Waals surface area contributed by atoms with Crippen LogP contribution in [0.5, 0.6) is 11.5 Å². The lowest BCUT2D eigenvalue weighted by atomic mass is 9.87. The Balaban J connectivity index is 0.00000961. The van der Waals surface area contributed by atoms with E-state index in [4.69, 9.17) is 29.4 Å². The molecule has 12 heteroatoms. The number of benzene rings is 1. The Hall–Kier alpha value is -3.05. The summed E-state index contributed by atoms with van der Waals surface area (Å²) < 4.78 is 24.3. The van der Waals surface area contributed by atoms with E-state index in [1.807, 2.05) is 0 Å². The third-order valence-corrected chi connectivity index (χ3v) is 3.94. The highest BCUT2D eigenvalue weighted by Gasteiger charge is 2.34. The van der Waals surface area contributed by atoms with E-state index in [0.717, 1.165) is 0 Å². The third kappa shape index (κ3) is 9.84. The number of rotatable bonds is 11. The Morgan fingerprint density at radius 3 is 2.03 bits per heavy atom. The van der Waals surface area contributed by atoms with Gasteiger partial charge in [-0.25, -0.2) is 9.59 Å². The largest absolute Gasteiger partial charge is 0.513 e. The number of aliphatic carboxylic acids is 1. The summed E-state index contributed by atoms with van der Waals surface area (Å²) in [6, 6.07) is 4.12. The van der Waals surface area contributed by atoms with E-state index >= 15 is 0 Å². The number of nitrogens with two attached hydrogens (primary N) is 1. The summed E-state index contributed by atoms with van der Waals surface area (Å²) in [5.41, 5.74) is 4.79. The zero-order valence-electron chi connectivity index (χ0n) is 18.1. The van der Waals surface area contributed by atoms with E-state index in [-0.39, 0.29) is 63.0 Å². The fourth-order valence-corrected chi connectivity index (χ4v) is 2.54. The van der Waals surface area contributed by atoms with Gasteiger partial charge in [-0.3, -0.25) is 9.59 Å². The second kappa shape index (κ2) is 14.1. The van der Waals surface area contributed by atoms with Gasteiger partial charge in [-0.05, 0) is 44.4 Å². The molecule has 0 unspecified atom stereocenters. The van der Waals surface area contributed by atoms with Crippen molar-refractivity contribution in [1.82, 2.24) is 0 Å². The lowest BCUT2D eigenvalue weighted by Gasteiger charge is -2.25. The SMILES string of the molecule is CCOC(=O)Oc1ccc(C[C@@](N)(CCCOC(C)=O)C(=O)O)cc1OC(=O)OCC.Cl. The molecule has 0 radical (unpaired) electrons. The normalized spacial score (nSPS) is 11.9. The Morgan fingerprint density at radius 1 is 0.969 bits per heavy atom. The number of carbonyl (C=O) groups excluding carboxylic acids is 3. The van der Waals surface area contributed by atoms with Crippen molar-refractivity contribution in [2.75, 3.05) is 19.8 Å². The number of ether oxygens (including phenoxy) is 5. The number of carboxylic acids is 1. The van der Waals surface area contributed by atoms with E-state index in [2.05, 4.69) is 0 Å². The molecule has 1 aromatic rings. The number of hydrogen-bond acceptors (Lipinski definition) is 10. The van der Waals surface area contributed by atoms with Gasteiger partial charge in [-0.2, -0.15) is 0 Å². The maximum Gasteiger partial charge on any atom is 0.513 e. The van der Waals surface area contributed by atoms with E-state index in [0.29, 0.717) is 5.56 Å². The summed E-state index contributed by atoms with van der Waals surface area (Å²) in [6.45, 7) is 4.59. The molecular weight excluding hydrogens is 450 g/mol. The number of carboxylic acid groups (broad SMARTS) is 1. The molecule has 1 rings (SSSR count). The van der Waals surface area contributed by atoms with Crippen LogP contribution in [-0.2, 0) is 30.2 Å². The molecule has 180 valence electrons. The van der Waals surface area contributed by atoms with Gasteiger partial charge in [0.2, 0.25) is 0 Å².